The molecule has 1 atom stereocenters. The topological polar surface area (TPSA) is 58.6 Å². The van der Waals surface area contributed by atoms with Gasteiger partial charge in [0.1, 0.15) is 5.75 Å². The number of carbonyl (C=O) groups is 2. The van der Waals surface area contributed by atoms with Gasteiger partial charge in [-0.25, -0.2) is 0 Å². The van der Waals surface area contributed by atoms with Gasteiger partial charge in [-0.3, -0.25) is 9.59 Å². The number of para-hydroxylation sites is 2. The van der Waals surface area contributed by atoms with Gasteiger partial charge in [-0.15, -0.1) is 0 Å². The minimum atomic E-state index is -0.740. The Labute approximate surface area is 176 Å². The molecule has 0 spiro atoms. The van der Waals surface area contributed by atoms with Crippen LogP contribution in [0.4, 0.5) is 5.69 Å². The number of ether oxygens (including phenoxy) is 1. The number of anilines is 1. The molecule has 0 bridgehead atoms. The SMILES string of the molecule is O=C(NCCc1ccccc1)C1CN(C(=O)Cc2ccccc2)c2ccccc2O1. The Morgan fingerprint density at radius 1 is 0.867 bits per heavy atom. The lowest BCUT2D eigenvalue weighted by Gasteiger charge is -2.34. The van der Waals surface area contributed by atoms with Crippen molar-refractivity contribution in [2.75, 3.05) is 18.0 Å². The van der Waals surface area contributed by atoms with Crippen molar-refractivity contribution in [2.45, 2.75) is 18.9 Å². The number of nitrogens with one attached hydrogen (secondary N) is 1. The molecule has 1 aliphatic heterocycles. The number of carbonyl (C=O) groups excluding carboxylic acids is 2. The molecule has 0 fully saturated rings. The Bertz CT molecular complexity index is 1010. The molecule has 5 heteroatoms. The first-order chi connectivity index (χ1) is 14.7. The standard InChI is InChI=1S/C25H24N2O3/c28-24(17-20-11-5-2-6-12-20)27-18-23(30-22-14-8-7-13-21(22)27)25(29)26-16-15-19-9-3-1-4-10-19/h1-14,23H,15-18H2,(H,26,29). The van der Waals surface area contributed by atoms with E-state index in [1.165, 1.54) is 0 Å². The molecule has 30 heavy (non-hydrogen) atoms. The van der Waals surface area contributed by atoms with Crippen LogP contribution in [0.2, 0.25) is 0 Å². The molecular formula is C25H24N2O3. The molecule has 5 nitrogen and oxygen atoms in total. The molecule has 4 rings (SSSR count). The monoisotopic (exact) mass is 400 g/mol. The Kier molecular flexibility index (Phi) is 6.09. The quantitative estimate of drug-likeness (QED) is 0.690. The largest absolute Gasteiger partial charge is 0.477 e. The van der Waals surface area contributed by atoms with Gasteiger partial charge >= 0.3 is 0 Å². The van der Waals surface area contributed by atoms with Crippen LogP contribution in [0.1, 0.15) is 11.1 Å². The van der Waals surface area contributed by atoms with E-state index in [2.05, 4.69) is 5.32 Å². The van der Waals surface area contributed by atoms with Crippen LogP contribution in [0, 0.1) is 0 Å². The zero-order chi connectivity index (χ0) is 20.8. The van der Waals surface area contributed by atoms with Crippen LogP contribution in [0.3, 0.4) is 0 Å². The summed E-state index contributed by atoms with van der Waals surface area (Å²) in [4.78, 5) is 27.4. The van der Waals surface area contributed by atoms with E-state index in [4.69, 9.17) is 4.74 Å². The summed E-state index contributed by atoms with van der Waals surface area (Å²) in [6.07, 6.45) is 0.278. The molecule has 1 aliphatic rings. The third kappa shape index (κ3) is 4.69. The molecule has 0 saturated carbocycles. The minimum absolute atomic E-state index is 0.0564. The van der Waals surface area contributed by atoms with E-state index in [1.807, 2.05) is 78.9 Å². The summed E-state index contributed by atoms with van der Waals surface area (Å²) >= 11 is 0. The number of benzene rings is 3. The highest BCUT2D eigenvalue weighted by Crippen LogP contribution is 2.33. The normalized spacial score (nSPS) is 15.1. The Morgan fingerprint density at radius 2 is 1.50 bits per heavy atom. The summed E-state index contributed by atoms with van der Waals surface area (Å²) < 4.78 is 5.92. The number of nitrogens with zero attached hydrogens (tertiary/aromatic N) is 1. The highest BCUT2D eigenvalue weighted by molar-refractivity contribution is 5.98. The number of hydrogen-bond donors (Lipinski definition) is 1. The van der Waals surface area contributed by atoms with Crippen molar-refractivity contribution in [3.05, 3.63) is 96.1 Å². The molecule has 3 aromatic carbocycles. The van der Waals surface area contributed by atoms with Gasteiger partial charge in [-0.1, -0.05) is 72.8 Å². The van der Waals surface area contributed by atoms with Crippen molar-refractivity contribution in [2.24, 2.45) is 0 Å². The van der Waals surface area contributed by atoms with Crippen molar-refractivity contribution >= 4 is 17.5 Å². The maximum atomic E-state index is 13.0. The first-order valence-corrected chi connectivity index (χ1v) is 10.1. The van der Waals surface area contributed by atoms with E-state index in [0.717, 1.165) is 17.5 Å². The maximum absolute atomic E-state index is 13.0. The number of rotatable bonds is 6. The fourth-order valence-electron chi connectivity index (χ4n) is 3.56. The van der Waals surface area contributed by atoms with Gasteiger partial charge in [-0.05, 0) is 29.7 Å². The zero-order valence-electron chi connectivity index (χ0n) is 16.7. The van der Waals surface area contributed by atoms with E-state index in [0.29, 0.717) is 18.0 Å². The Morgan fingerprint density at radius 3 is 2.23 bits per heavy atom. The van der Waals surface area contributed by atoms with E-state index >= 15 is 0 Å². The summed E-state index contributed by atoms with van der Waals surface area (Å²) in [7, 11) is 0. The molecule has 0 radical (unpaired) electrons. The molecule has 0 aromatic heterocycles. The Hall–Kier alpha value is -3.60. The first-order valence-electron chi connectivity index (χ1n) is 10.1. The smallest absolute Gasteiger partial charge is 0.262 e. The molecule has 0 aliphatic carbocycles. The summed E-state index contributed by atoms with van der Waals surface area (Å²) in [5.41, 5.74) is 2.80. The van der Waals surface area contributed by atoms with E-state index in [1.54, 1.807) is 11.0 Å². The van der Waals surface area contributed by atoms with Crippen molar-refractivity contribution in [3.8, 4) is 5.75 Å². The summed E-state index contributed by atoms with van der Waals surface area (Å²) in [6.45, 7) is 0.710. The van der Waals surface area contributed by atoms with Crippen LogP contribution in [0.15, 0.2) is 84.9 Å². The van der Waals surface area contributed by atoms with Crippen molar-refractivity contribution in [1.29, 1.82) is 0 Å². The molecule has 1 N–H and O–H groups in total. The summed E-state index contributed by atoms with van der Waals surface area (Å²) in [6, 6.07) is 27.0. The molecular weight excluding hydrogens is 376 g/mol. The van der Waals surface area contributed by atoms with Gasteiger partial charge < -0.3 is 15.0 Å². The van der Waals surface area contributed by atoms with E-state index in [9.17, 15) is 9.59 Å². The lowest BCUT2D eigenvalue weighted by Crippen LogP contribution is -2.51. The van der Waals surface area contributed by atoms with Gasteiger partial charge in [0.2, 0.25) is 5.91 Å². The van der Waals surface area contributed by atoms with Crippen LogP contribution < -0.4 is 15.0 Å². The average molecular weight is 400 g/mol. The van der Waals surface area contributed by atoms with Gasteiger partial charge in [-0.2, -0.15) is 0 Å². The second-order valence-corrected chi connectivity index (χ2v) is 7.27. The molecule has 2 amide bonds. The van der Waals surface area contributed by atoms with Gasteiger partial charge in [0, 0.05) is 6.54 Å². The third-order valence-corrected chi connectivity index (χ3v) is 5.12. The average Bonchev–Trinajstić information content (AvgIpc) is 2.79. The molecule has 3 aromatic rings. The van der Waals surface area contributed by atoms with Crippen LogP contribution in [-0.4, -0.2) is 31.0 Å². The summed E-state index contributed by atoms with van der Waals surface area (Å²) in [5.74, 6) is 0.283. The predicted octanol–water partition coefficient (Wildman–Crippen LogP) is 3.38. The minimum Gasteiger partial charge on any atom is -0.477 e. The van der Waals surface area contributed by atoms with Gasteiger partial charge in [0.05, 0.1) is 18.7 Å². The molecule has 0 saturated heterocycles. The van der Waals surface area contributed by atoms with Crippen LogP contribution >= 0.6 is 0 Å². The van der Waals surface area contributed by atoms with Crippen molar-refractivity contribution in [3.63, 3.8) is 0 Å². The Balaban J connectivity index is 1.44. The number of amides is 2. The lowest BCUT2D eigenvalue weighted by molar-refractivity contribution is -0.128. The highest BCUT2D eigenvalue weighted by atomic mass is 16.5. The number of hydrogen-bond acceptors (Lipinski definition) is 3. The van der Waals surface area contributed by atoms with Gasteiger partial charge in [0.25, 0.3) is 5.91 Å². The van der Waals surface area contributed by atoms with E-state index < -0.39 is 6.10 Å². The first kappa shape index (κ1) is 19.7. The highest BCUT2D eigenvalue weighted by Gasteiger charge is 2.33. The van der Waals surface area contributed by atoms with Gasteiger partial charge in [0.15, 0.2) is 6.10 Å². The number of fused-ring (bicyclic) bond motifs is 1. The molecule has 1 unspecified atom stereocenters. The second-order valence-electron chi connectivity index (χ2n) is 7.27. The predicted molar refractivity (Wildman–Crippen MR) is 117 cm³/mol. The third-order valence-electron chi connectivity index (χ3n) is 5.12. The van der Waals surface area contributed by atoms with Crippen molar-refractivity contribution < 1.29 is 14.3 Å². The maximum Gasteiger partial charge on any atom is 0.262 e. The zero-order valence-corrected chi connectivity index (χ0v) is 16.7. The van der Waals surface area contributed by atoms with Crippen LogP contribution in [0.25, 0.3) is 0 Å². The molecule has 1 heterocycles. The molecule has 152 valence electrons. The van der Waals surface area contributed by atoms with Crippen LogP contribution in [-0.2, 0) is 22.4 Å². The second kappa shape index (κ2) is 9.27. The fraction of sp³-hybridized carbons (Fsp3) is 0.200. The fourth-order valence-corrected chi connectivity index (χ4v) is 3.56. The van der Waals surface area contributed by atoms with E-state index in [-0.39, 0.29) is 24.8 Å². The summed E-state index contributed by atoms with van der Waals surface area (Å²) in [5, 5.41) is 2.94. The lowest BCUT2D eigenvalue weighted by atomic mass is 10.1. The van der Waals surface area contributed by atoms with Crippen molar-refractivity contribution in [1.82, 2.24) is 5.32 Å². The van der Waals surface area contributed by atoms with Crippen LogP contribution in [0.5, 0.6) is 5.75 Å².